The van der Waals surface area contributed by atoms with Gasteiger partial charge in [0, 0.05) is 58.8 Å². The largest absolute Gasteiger partial charge is 0.462 e. The van der Waals surface area contributed by atoms with Gasteiger partial charge in [-0.25, -0.2) is 0 Å². The lowest BCUT2D eigenvalue weighted by Gasteiger charge is -2.48. The van der Waals surface area contributed by atoms with Gasteiger partial charge in [0.05, 0.1) is 54.6 Å². The molecule has 0 amide bonds. The van der Waals surface area contributed by atoms with Gasteiger partial charge in [0.1, 0.15) is 42.0 Å². The minimum absolute atomic E-state index is 0.0247. The predicted octanol–water partition coefficient (Wildman–Crippen LogP) is 6.00. The van der Waals surface area contributed by atoms with Gasteiger partial charge in [0.15, 0.2) is 18.4 Å². The van der Waals surface area contributed by atoms with Crippen molar-refractivity contribution < 1.29 is 62.4 Å². The number of allylic oxidation sites excluding steroid dienone is 2. The van der Waals surface area contributed by atoms with Crippen molar-refractivity contribution in [1.29, 1.82) is 0 Å². The second kappa shape index (κ2) is 20.8. The summed E-state index contributed by atoms with van der Waals surface area (Å²) in [6.07, 6.45) is 9.23. The fourth-order valence-electron chi connectivity index (χ4n) is 11.2. The van der Waals surface area contributed by atoms with E-state index in [-0.39, 0.29) is 49.0 Å². The van der Waals surface area contributed by atoms with Crippen LogP contribution in [-0.4, -0.2) is 146 Å². The number of likely N-dealkylation sites (N-methyl/N-ethyl adjacent to an activating group) is 1. The van der Waals surface area contributed by atoms with Gasteiger partial charge in [-0.15, -0.1) is 4.91 Å². The highest BCUT2D eigenvalue weighted by Gasteiger charge is 2.60. The van der Waals surface area contributed by atoms with Gasteiger partial charge < -0.3 is 57.6 Å². The van der Waals surface area contributed by atoms with Crippen molar-refractivity contribution in [2.75, 3.05) is 27.9 Å². The van der Waals surface area contributed by atoms with Crippen LogP contribution in [0.3, 0.4) is 0 Å². The highest BCUT2D eigenvalue weighted by Crippen LogP contribution is 2.47. The van der Waals surface area contributed by atoms with Crippen LogP contribution in [0.25, 0.3) is 0 Å². The maximum atomic E-state index is 14.4. The van der Waals surface area contributed by atoms with Gasteiger partial charge in [0.2, 0.25) is 0 Å². The Morgan fingerprint density at radius 2 is 1.65 bits per heavy atom. The van der Waals surface area contributed by atoms with E-state index in [0.717, 1.165) is 12.0 Å². The first kappa shape index (κ1) is 50.0. The standard InChI is InChI=1S/C49H74N2O14/c1-12-26(2)44-29(5)18-19-48(65-44)24-35-21-34(64-48)17-16-28(4)43(27(3)14-13-15-33-25-58-46-42(52)30(6)20-36(47(53)61-35)49(33,46)54)62-40-23-38(57-11)45(32(8)60-40)63-39-22-37(56-10)41(31(7)59-39)51(9)50-55/h13-16,18-20,26-27,29,31-32,34-46,52,54H,12,17,21-25H2,1-11H3/b14-13+,28-16+,33-15+/t26-,27-,29-,31-,32-,34+,35-,36-,37-,38-,39-,40-,41-,42+,43-,44+,45-,46+,48+,49+/m0/s1. The quantitative estimate of drug-likeness (QED) is 0.113. The topological polar surface area (TPSA) is 182 Å². The van der Waals surface area contributed by atoms with Crippen LogP contribution in [0.2, 0.25) is 0 Å². The van der Waals surface area contributed by atoms with Crippen molar-refractivity contribution in [3.8, 4) is 0 Å². The Hall–Kier alpha value is -2.87. The minimum Gasteiger partial charge on any atom is -0.462 e. The monoisotopic (exact) mass is 915 g/mol. The zero-order chi connectivity index (χ0) is 47.0. The third kappa shape index (κ3) is 10.3. The number of methoxy groups -OCH3 is 2. The van der Waals surface area contributed by atoms with E-state index < -0.39 is 90.8 Å². The first-order valence-corrected chi connectivity index (χ1v) is 23.7. The lowest BCUT2D eigenvalue weighted by atomic mass is 9.71. The zero-order valence-electron chi connectivity index (χ0n) is 40.1. The third-order valence-electron chi connectivity index (χ3n) is 15.1. The molecule has 0 aromatic rings. The molecular formula is C49H74N2O14. The summed E-state index contributed by atoms with van der Waals surface area (Å²) >= 11 is 0. The Balaban J connectivity index is 1.17. The Morgan fingerprint density at radius 3 is 2.35 bits per heavy atom. The Kier molecular flexibility index (Phi) is 16.0. The predicted molar refractivity (Wildman–Crippen MR) is 239 cm³/mol. The molecule has 6 aliphatic heterocycles. The van der Waals surface area contributed by atoms with Gasteiger partial charge in [-0.1, -0.05) is 70.6 Å². The number of hydrogen-bond acceptors (Lipinski definition) is 15. The van der Waals surface area contributed by atoms with Crippen LogP contribution in [0, 0.1) is 28.6 Å². The van der Waals surface area contributed by atoms with Gasteiger partial charge in [-0.3, -0.25) is 9.80 Å². The molecule has 0 unspecified atom stereocenters. The molecule has 364 valence electrons. The van der Waals surface area contributed by atoms with Crippen LogP contribution in [0.1, 0.15) is 93.9 Å². The van der Waals surface area contributed by atoms with Gasteiger partial charge in [-0.2, -0.15) is 0 Å². The number of fused-ring (bicyclic) bond motifs is 2. The fraction of sp³-hybridized carbons (Fsp3) is 0.776. The van der Waals surface area contributed by atoms with E-state index in [1.54, 1.807) is 40.3 Å². The highest BCUT2D eigenvalue weighted by molar-refractivity contribution is 5.78. The number of nitrogens with zero attached hydrogens (tertiary/aromatic N) is 2. The fourth-order valence-corrected chi connectivity index (χ4v) is 11.2. The Bertz CT molecular complexity index is 1840. The number of nitroso groups, excluding NO2 is 1. The molecule has 7 aliphatic rings. The van der Waals surface area contributed by atoms with Crippen molar-refractivity contribution in [2.45, 2.75) is 191 Å². The summed E-state index contributed by atoms with van der Waals surface area (Å²) in [5.74, 6) is -2.61. The number of rotatable bonds is 10. The van der Waals surface area contributed by atoms with Crippen LogP contribution in [0.15, 0.2) is 64.5 Å². The summed E-state index contributed by atoms with van der Waals surface area (Å²) in [7, 11) is 4.86. The second-order valence-electron chi connectivity index (χ2n) is 19.6. The summed E-state index contributed by atoms with van der Waals surface area (Å²) in [5.41, 5.74) is 0.106. The van der Waals surface area contributed by atoms with E-state index in [2.05, 4.69) is 45.1 Å². The number of carbonyl (C=O) groups excluding carboxylic acids is 1. The molecule has 1 aliphatic carbocycles. The number of carbonyl (C=O) groups is 1. The molecule has 0 radical (unpaired) electrons. The molecule has 0 saturated carbocycles. The molecule has 16 nitrogen and oxygen atoms in total. The second-order valence-corrected chi connectivity index (χ2v) is 19.6. The molecule has 4 fully saturated rings. The molecule has 0 aromatic heterocycles. The lowest BCUT2D eigenvalue weighted by molar-refractivity contribution is -0.315. The summed E-state index contributed by atoms with van der Waals surface area (Å²) in [5, 5.41) is 28.2. The van der Waals surface area contributed by atoms with Crippen LogP contribution in [0.4, 0.5) is 0 Å². The van der Waals surface area contributed by atoms with Crippen LogP contribution < -0.4 is 0 Å². The first-order valence-electron chi connectivity index (χ1n) is 23.7. The molecule has 1 spiro atoms. The molecule has 2 N–H and O–H groups in total. The summed E-state index contributed by atoms with van der Waals surface area (Å²) in [6.45, 7) is 16.1. The molecule has 4 saturated heterocycles. The maximum absolute atomic E-state index is 14.4. The van der Waals surface area contributed by atoms with E-state index >= 15 is 0 Å². The van der Waals surface area contributed by atoms with E-state index in [4.69, 9.17) is 47.4 Å². The van der Waals surface area contributed by atoms with Crippen molar-refractivity contribution in [3.05, 3.63) is 64.2 Å². The molecule has 7 rings (SSSR count). The lowest BCUT2D eigenvalue weighted by Crippen LogP contribution is -2.58. The smallest absolute Gasteiger partial charge is 0.316 e. The van der Waals surface area contributed by atoms with Gasteiger partial charge in [-0.05, 0) is 62.8 Å². The van der Waals surface area contributed by atoms with Crippen LogP contribution in [0.5, 0.6) is 0 Å². The first-order chi connectivity index (χ1) is 30.9. The normalized spacial score (nSPS) is 47.3. The van der Waals surface area contributed by atoms with Crippen LogP contribution >= 0.6 is 0 Å². The number of aliphatic hydroxyl groups is 2. The van der Waals surface area contributed by atoms with E-state index in [0.29, 0.717) is 36.8 Å². The van der Waals surface area contributed by atoms with Crippen molar-refractivity contribution in [2.24, 2.45) is 29.0 Å². The number of esters is 1. The van der Waals surface area contributed by atoms with Gasteiger partial charge in [0.25, 0.3) is 0 Å². The van der Waals surface area contributed by atoms with Crippen molar-refractivity contribution in [1.82, 2.24) is 5.01 Å². The summed E-state index contributed by atoms with van der Waals surface area (Å²) < 4.78 is 64.4. The van der Waals surface area contributed by atoms with Gasteiger partial charge >= 0.3 is 5.97 Å². The molecule has 0 aromatic carbocycles. The van der Waals surface area contributed by atoms with Crippen molar-refractivity contribution >= 4 is 5.97 Å². The number of hydrogen-bond donors (Lipinski definition) is 2. The maximum Gasteiger partial charge on any atom is 0.316 e. The average Bonchev–Trinajstić information content (AvgIpc) is 3.62. The van der Waals surface area contributed by atoms with E-state index in [9.17, 15) is 19.9 Å². The van der Waals surface area contributed by atoms with E-state index in [1.165, 1.54) is 5.01 Å². The molecule has 20 atom stereocenters. The molecule has 65 heavy (non-hydrogen) atoms. The molecule has 16 heteroatoms. The highest BCUT2D eigenvalue weighted by atomic mass is 16.7. The molecular weight excluding hydrogens is 841 g/mol. The van der Waals surface area contributed by atoms with Crippen LogP contribution in [-0.2, 0) is 52.2 Å². The molecule has 2 bridgehead atoms. The Labute approximate surface area is 384 Å². The molecule has 6 heterocycles. The Morgan fingerprint density at radius 1 is 0.938 bits per heavy atom. The van der Waals surface area contributed by atoms with E-state index in [1.807, 2.05) is 39.0 Å². The average molecular weight is 915 g/mol. The number of aliphatic hydroxyl groups excluding tert-OH is 1. The summed E-state index contributed by atoms with van der Waals surface area (Å²) in [4.78, 5) is 25.8. The summed E-state index contributed by atoms with van der Waals surface area (Å²) in [6, 6.07) is -0.370. The zero-order valence-corrected chi connectivity index (χ0v) is 40.1. The third-order valence-corrected chi connectivity index (χ3v) is 15.1. The van der Waals surface area contributed by atoms with Crippen molar-refractivity contribution in [3.63, 3.8) is 0 Å². The SMILES string of the molecule is CC[C@H](C)[C@H]1O[C@]2(C=C[C@@H]1C)C[C@@H]1C[C@@H](C/C=C(\C)[C@@H](O[C@H]3C[C@H](OC)[C@@H](O[C@H]4C[C@H](OC)[C@@H](N(C)N=O)[C@H](C)O4)[C@H](C)O3)[C@@H](C)/C=C/C=C3\CO[C@@H]4[C@H](O)C(C)=C[C@@H](C(=O)O1)[C@]34O)O2. The minimum atomic E-state index is -1.84. The number of ether oxygens (including phenoxy) is 10.